The van der Waals surface area contributed by atoms with E-state index in [-0.39, 0.29) is 4.08 Å². The number of hydrogen-bond donors (Lipinski definition) is 0. The molecule has 0 amide bonds. The predicted molar refractivity (Wildman–Crippen MR) is 87.9 cm³/mol. The molecule has 1 nitrogen and oxygen atoms in total. The third kappa shape index (κ3) is 2.46. The quantitative estimate of drug-likeness (QED) is 0.807. The van der Waals surface area contributed by atoms with E-state index in [2.05, 4.69) is 48.5 Å². The summed E-state index contributed by atoms with van der Waals surface area (Å²) in [6, 6.07) is 21.0. The molecule has 0 unspecified atom stereocenters. The van der Waals surface area contributed by atoms with E-state index >= 15 is 0 Å². The Hall–Kier alpha value is -1.37. The van der Waals surface area contributed by atoms with Crippen molar-refractivity contribution in [3.63, 3.8) is 0 Å². The monoisotopic (exact) mass is 297 g/mol. The summed E-state index contributed by atoms with van der Waals surface area (Å²) in [5.41, 5.74) is 3.36. The van der Waals surface area contributed by atoms with Gasteiger partial charge in [0.2, 0.25) is 0 Å². The number of nitriles is 1. The summed E-state index contributed by atoms with van der Waals surface area (Å²) in [4.78, 5) is 0. The van der Waals surface area contributed by atoms with Crippen LogP contribution in [0.2, 0.25) is 0 Å². The Morgan fingerprint density at radius 1 is 0.850 bits per heavy atom. The van der Waals surface area contributed by atoms with Crippen LogP contribution in [0.3, 0.4) is 0 Å². The van der Waals surface area contributed by atoms with Crippen molar-refractivity contribution in [3.05, 3.63) is 71.3 Å². The molecule has 1 saturated heterocycles. The molecule has 0 aromatic heterocycles. The Labute approximate surface area is 128 Å². The molecule has 0 aliphatic carbocycles. The Kier molecular flexibility index (Phi) is 4.05. The Balaban J connectivity index is 2.08. The minimum Gasteiger partial charge on any atom is -0.192 e. The van der Waals surface area contributed by atoms with E-state index in [1.54, 1.807) is 0 Å². The molecule has 2 aromatic rings. The third-order valence-corrected chi connectivity index (χ3v) is 6.90. The van der Waals surface area contributed by atoms with E-state index in [0.717, 1.165) is 5.56 Å². The molecular weight excluding hydrogens is 282 g/mol. The van der Waals surface area contributed by atoms with Gasteiger partial charge in [-0.15, -0.1) is 23.5 Å². The van der Waals surface area contributed by atoms with E-state index in [9.17, 15) is 0 Å². The van der Waals surface area contributed by atoms with E-state index < -0.39 is 0 Å². The lowest BCUT2D eigenvalue weighted by Crippen LogP contribution is -2.24. The SMILES string of the molecule is N#Cc1ccc(C2(c3ccccc3)SCCCS2)cc1. The zero-order valence-electron chi connectivity index (χ0n) is 11.1. The Bertz CT molecular complexity index is 608. The number of benzene rings is 2. The molecular formula is C17H15NS2. The van der Waals surface area contributed by atoms with E-state index in [4.69, 9.17) is 5.26 Å². The van der Waals surface area contributed by atoms with Crippen molar-refractivity contribution in [2.75, 3.05) is 11.5 Å². The largest absolute Gasteiger partial charge is 0.192 e. The lowest BCUT2D eigenvalue weighted by Gasteiger charge is -2.37. The van der Waals surface area contributed by atoms with Crippen molar-refractivity contribution in [2.45, 2.75) is 10.5 Å². The third-order valence-electron chi connectivity index (χ3n) is 3.45. The molecule has 1 fully saturated rings. The number of hydrogen-bond acceptors (Lipinski definition) is 3. The maximum Gasteiger partial charge on any atom is 0.111 e. The van der Waals surface area contributed by atoms with Crippen molar-refractivity contribution < 1.29 is 0 Å². The zero-order chi connectivity index (χ0) is 13.8. The van der Waals surface area contributed by atoms with Crippen LogP contribution in [0.15, 0.2) is 54.6 Å². The fourth-order valence-corrected chi connectivity index (χ4v) is 5.83. The molecule has 2 aromatic carbocycles. The van der Waals surface area contributed by atoms with E-state index in [1.165, 1.54) is 29.1 Å². The Morgan fingerprint density at radius 2 is 1.45 bits per heavy atom. The summed E-state index contributed by atoms with van der Waals surface area (Å²) in [6.07, 6.45) is 1.26. The molecule has 0 radical (unpaired) electrons. The van der Waals surface area contributed by atoms with Crippen LogP contribution in [0.1, 0.15) is 23.1 Å². The highest BCUT2D eigenvalue weighted by molar-refractivity contribution is 8.18. The summed E-state index contributed by atoms with van der Waals surface area (Å²) in [7, 11) is 0. The lowest BCUT2D eigenvalue weighted by atomic mass is 10.0. The van der Waals surface area contributed by atoms with E-state index in [1.807, 2.05) is 35.7 Å². The smallest absolute Gasteiger partial charge is 0.111 e. The predicted octanol–water partition coefficient (Wildman–Crippen LogP) is 4.63. The minimum atomic E-state index is -0.0203. The normalized spacial score (nSPS) is 17.4. The molecule has 1 heterocycles. The molecule has 3 heteroatoms. The standard InChI is InChI=1S/C17H15NS2/c18-13-14-7-9-16(10-8-14)17(19-11-4-12-20-17)15-5-2-1-3-6-15/h1-3,5-10H,4,11-12H2. The molecule has 1 aliphatic heterocycles. The maximum absolute atomic E-state index is 8.96. The number of rotatable bonds is 2. The van der Waals surface area contributed by atoms with Gasteiger partial charge in [-0.2, -0.15) is 5.26 Å². The second-order valence-corrected chi connectivity index (χ2v) is 7.60. The average Bonchev–Trinajstić information content (AvgIpc) is 2.56. The molecule has 1 aliphatic rings. The number of nitrogens with zero attached hydrogens (tertiary/aromatic N) is 1. The second-order valence-electron chi connectivity index (χ2n) is 4.72. The van der Waals surface area contributed by atoms with Gasteiger partial charge >= 0.3 is 0 Å². The highest BCUT2D eigenvalue weighted by atomic mass is 32.2. The summed E-state index contributed by atoms with van der Waals surface area (Å²) in [6.45, 7) is 0. The van der Waals surface area contributed by atoms with Gasteiger partial charge in [0.1, 0.15) is 4.08 Å². The van der Waals surface area contributed by atoms with Gasteiger partial charge < -0.3 is 0 Å². The summed E-state index contributed by atoms with van der Waals surface area (Å²) < 4.78 is -0.0203. The number of thioether (sulfide) groups is 2. The van der Waals surface area contributed by atoms with Crippen LogP contribution in [0.25, 0.3) is 0 Å². The van der Waals surface area contributed by atoms with Gasteiger partial charge in [0, 0.05) is 0 Å². The molecule has 0 saturated carbocycles. The fourth-order valence-electron chi connectivity index (χ4n) is 2.45. The minimum absolute atomic E-state index is 0.0203. The van der Waals surface area contributed by atoms with Gasteiger partial charge in [0.05, 0.1) is 11.6 Å². The van der Waals surface area contributed by atoms with E-state index in [0.29, 0.717) is 0 Å². The molecule has 100 valence electrons. The zero-order valence-corrected chi connectivity index (χ0v) is 12.7. The van der Waals surface area contributed by atoms with Crippen LogP contribution >= 0.6 is 23.5 Å². The van der Waals surface area contributed by atoms with Crippen LogP contribution in [0.5, 0.6) is 0 Å². The van der Waals surface area contributed by atoms with Crippen LogP contribution in [0, 0.1) is 11.3 Å². The molecule has 0 spiro atoms. The van der Waals surface area contributed by atoms with Crippen LogP contribution in [-0.2, 0) is 4.08 Å². The van der Waals surface area contributed by atoms with Gasteiger partial charge in [0.25, 0.3) is 0 Å². The van der Waals surface area contributed by atoms with Crippen LogP contribution in [-0.4, -0.2) is 11.5 Å². The van der Waals surface area contributed by atoms with Crippen molar-refractivity contribution in [1.82, 2.24) is 0 Å². The fraction of sp³-hybridized carbons (Fsp3) is 0.235. The van der Waals surface area contributed by atoms with Gasteiger partial charge in [-0.3, -0.25) is 0 Å². The molecule has 0 atom stereocenters. The topological polar surface area (TPSA) is 23.8 Å². The molecule has 0 bridgehead atoms. The van der Waals surface area contributed by atoms with Gasteiger partial charge in [0.15, 0.2) is 0 Å². The van der Waals surface area contributed by atoms with Crippen molar-refractivity contribution in [3.8, 4) is 6.07 Å². The average molecular weight is 297 g/mol. The first kappa shape index (κ1) is 13.6. The first-order chi connectivity index (χ1) is 9.85. The highest BCUT2D eigenvalue weighted by Gasteiger charge is 2.37. The van der Waals surface area contributed by atoms with Gasteiger partial charge in [-0.05, 0) is 41.2 Å². The lowest BCUT2D eigenvalue weighted by molar-refractivity contribution is 1.00. The summed E-state index contributed by atoms with van der Waals surface area (Å²) in [5.74, 6) is 2.36. The second kappa shape index (κ2) is 5.95. The van der Waals surface area contributed by atoms with Gasteiger partial charge in [-0.25, -0.2) is 0 Å². The molecule has 3 rings (SSSR count). The van der Waals surface area contributed by atoms with Crippen molar-refractivity contribution >= 4 is 23.5 Å². The van der Waals surface area contributed by atoms with Crippen molar-refractivity contribution in [2.24, 2.45) is 0 Å². The first-order valence-electron chi connectivity index (χ1n) is 6.69. The van der Waals surface area contributed by atoms with Crippen molar-refractivity contribution in [1.29, 1.82) is 5.26 Å². The summed E-state index contributed by atoms with van der Waals surface area (Å²) in [5, 5.41) is 8.96. The molecule has 0 N–H and O–H groups in total. The highest BCUT2D eigenvalue weighted by Crippen LogP contribution is 2.54. The van der Waals surface area contributed by atoms with Crippen LogP contribution < -0.4 is 0 Å². The Morgan fingerprint density at radius 3 is 2.05 bits per heavy atom. The molecule has 20 heavy (non-hydrogen) atoms. The van der Waals surface area contributed by atoms with Crippen LogP contribution in [0.4, 0.5) is 0 Å². The van der Waals surface area contributed by atoms with Gasteiger partial charge in [-0.1, -0.05) is 42.5 Å². The first-order valence-corrected chi connectivity index (χ1v) is 8.66. The maximum atomic E-state index is 8.96. The summed E-state index contributed by atoms with van der Waals surface area (Å²) >= 11 is 4.02.